The first-order chi connectivity index (χ1) is 10.8. The highest BCUT2D eigenvalue weighted by Crippen LogP contribution is 2.17. The average molecular weight is 337 g/mol. The molecule has 2 aromatic rings. The molecule has 23 heavy (non-hydrogen) atoms. The second-order valence-electron chi connectivity index (χ2n) is 5.56. The molecule has 1 N–H and O–H groups in total. The third-order valence-corrected chi connectivity index (χ3v) is 5.05. The van der Waals surface area contributed by atoms with Crippen LogP contribution in [0.5, 0.6) is 5.75 Å². The number of benzene rings is 2. The van der Waals surface area contributed by atoms with Crippen LogP contribution in [0.15, 0.2) is 47.4 Å². The Hall–Kier alpha value is -1.92. The summed E-state index contributed by atoms with van der Waals surface area (Å²) in [5, 5.41) is 0. The number of nitrogens with one attached hydrogen (secondary N) is 1. The summed E-state index contributed by atoms with van der Waals surface area (Å²) in [7, 11) is -3.71. The molecule has 0 aliphatic rings. The fourth-order valence-corrected chi connectivity index (χ4v) is 3.59. The highest BCUT2D eigenvalue weighted by molar-refractivity contribution is 7.89. The maximum Gasteiger partial charge on any atom is 0.241 e. The molecule has 0 saturated heterocycles. The summed E-state index contributed by atoms with van der Waals surface area (Å²) in [6, 6.07) is 10.7. The minimum absolute atomic E-state index is 0.0704. The Morgan fingerprint density at radius 1 is 1.13 bits per heavy atom. The molecule has 0 heterocycles. The summed E-state index contributed by atoms with van der Waals surface area (Å²) in [6.07, 6.45) is 0. The molecule has 1 atom stereocenters. The fraction of sp³-hybridized carbons (Fsp3) is 0.294. The second kappa shape index (κ2) is 7.10. The van der Waals surface area contributed by atoms with Gasteiger partial charge in [-0.15, -0.1) is 0 Å². The smallest absolute Gasteiger partial charge is 0.241 e. The van der Waals surface area contributed by atoms with Crippen LogP contribution in [0.25, 0.3) is 0 Å². The van der Waals surface area contributed by atoms with Crippen molar-refractivity contribution in [2.45, 2.75) is 31.7 Å². The summed E-state index contributed by atoms with van der Waals surface area (Å²) in [4.78, 5) is 0.0704. The largest absolute Gasteiger partial charge is 0.492 e. The predicted molar refractivity (Wildman–Crippen MR) is 87.6 cm³/mol. The second-order valence-corrected chi connectivity index (χ2v) is 7.24. The first-order valence-corrected chi connectivity index (χ1v) is 8.74. The zero-order valence-electron chi connectivity index (χ0n) is 13.3. The zero-order chi connectivity index (χ0) is 17.0. The van der Waals surface area contributed by atoms with Gasteiger partial charge in [0.25, 0.3) is 0 Å². The molecule has 2 rings (SSSR count). The molecule has 0 bridgehead atoms. The summed E-state index contributed by atoms with van der Waals surface area (Å²) in [6.45, 7) is 5.45. The number of rotatable bonds is 6. The van der Waals surface area contributed by atoms with Gasteiger partial charge in [-0.2, -0.15) is 0 Å². The normalized spacial score (nSPS) is 12.9. The fourth-order valence-electron chi connectivity index (χ4n) is 2.13. The summed E-state index contributed by atoms with van der Waals surface area (Å²) >= 11 is 0. The first kappa shape index (κ1) is 17.4. The molecule has 0 spiro atoms. The van der Waals surface area contributed by atoms with Crippen molar-refractivity contribution in [3.63, 3.8) is 0 Å². The van der Waals surface area contributed by atoms with Gasteiger partial charge < -0.3 is 4.74 Å². The quantitative estimate of drug-likeness (QED) is 0.881. The van der Waals surface area contributed by atoms with Gasteiger partial charge in [-0.1, -0.05) is 17.7 Å². The number of aryl methyl sites for hydroxylation is 2. The molecule has 0 fully saturated rings. The van der Waals surface area contributed by atoms with Crippen molar-refractivity contribution in [2.24, 2.45) is 0 Å². The van der Waals surface area contributed by atoms with Crippen LogP contribution in [0.3, 0.4) is 0 Å². The number of sulfonamides is 1. The van der Waals surface area contributed by atoms with Crippen LogP contribution in [-0.4, -0.2) is 21.1 Å². The maximum atomic E-state index is 13.1. The van der Waals surface area contributed by atoms with Crippen molar-refractivity contribution in [2.75, 3.05) is 6.61 Å². The van der Waals surface area contributed by atoms with Crippen molar-refractivity contribution in [3.05, 3.63) is 59.4 Å². The van der Waals surface area contributed by atoms with Crippen molar-refractivity contribution < 1.29 is 17.5 Å². The van der Waals surface area contributed by atoms with Crippen LogP contribution in [0.2, 0.25) is 0 Å². The molecule has 0 unspecified atom stereocenters. The minimum atomic E-state index is -3.71. The van der Waals surface area contributed by atoms with Gasteiger partial charge in [0, 0.05) is 0 Å². The van der Waals surface area contributed by atoms with Gasteiger partial charge in [0.05, 0.1) is 10.9 Å². The van der Waals surface area contributed by atoms with Crippen LogP contribution < -0.4 is 9.46 Å². The Bertz CT molecular complexity index is 773. The summed E-state index contributed by atoms with van der Waals surface area (Å²) < 4.78 is 45.9. The average Bonchev–Trinajstić information content (AvgIpc) is 2.45. The van der Waals surface area contributed by atoms with E-state index in [0.717, 1.165) is 11.6 Å². The molecule has 124 valence electrons. The van der Waals surface area contributed by atoms with Gasteiger partial charge in [-0.05, 0) is 56.7 Å². The maximum absolute atomic E-state index is 13.1. The molecule has 0 aromatic heterocycles. The van der Waals surface area contributed by atoms with E-state index in [9.17, 15) is 12.8 Å². The van der Waals surface area contributed by atoms with Crippen LogP contribution in [0.1, 0.15) is 18.1 Å². The monoisotopic (exact) mass is 337 g/mol. The van der Waals surface area contributed by atoms with Gasteiger partial charge in [-0.3, -0.25) is 0 Å². The Kier molecular flexibility index (Phi) is 5.38. The molecule has 2 aromatic carbocycles. The van der Waals surface area contributed by atoms with Gasteiger partial charge in [-0.25, -0.2) is 17.5 Å². The Labute approximate surface area is 136 Å². The SMILES string of the molecule is Cc1ccc(OC[C@H](C)NS(=O)(=O)c2ccc(F)cc2C)cc1. The van der Waals surface area contributed by atoms with E-state index in [1.54, 1.807) is 13.8 Å². The summed E-state index contributed by atoms with van der Waals surface area (Å²) in [5.41, 5.74) is 1.49. The molecule has 0 aliphatic carbocycles. The molecule has 0 amide bonds. The molecular weight excluding hydrogens is 317 g/mol. The van der Waals surface area contributed by atoms with Crippen LogP contribution in [0, 0.1) is 19.7 Å². The van der Waals surface area contributed by atoms with E-state index in [-0.39, 0.29) is 11.5 Å². The van der Waals surface area contributed by atoms with Gasteiger partial charge in [0.1, 0.15) is 18.2 Å². The topological polar surface area (TPSA) is 55.4 Å². The van der Waals surface area contributed by atoms with Crippen molar-refractivity contribution in [3.8, 4) is 5.75 Å². The standard InChI is InChI=1S/C17H20FNO3S/c1-12-4-7-16(8-5-12)22-11-14(3)19-23(20,21)17-9-6-15(18)10-13(17)2/h4-10,14,19H,11H2,1-3H3/t14-/m0/s1. The Morgan fingerprint density at radius 2 is 1.78 bits per heavy atom. The lowest BCUT2D eigenvalue weighted by molar-refractivity contribution is 0.287. The van der Waals surface area contributed by atoms with Crippen LogP contribution in [0.4, 0.5) is 4.39 Å². The highest BCUT2D eigenvalue weighted by atomic mass is 32.2. The van der Waals surface area contributed by atoms with E-state index in [1.165, 1.54) is 12.1 Å². The van der Waals surface area contributed by atoms with Gasteiger partial charge in [0.2, 0.25) is 10.0 Å². The molecule has 0 saturated carbocycles. The highest BCUT2D eigenvalue weighted by Gasteiger charge is 2.20. The molecular formula is C17H20FNO3S. The van der Waals surface area contributed by atoms with E-state index in [0.29, 0.717) is 11.3 Å². The lowest BCUT2D eigenvalue weighted by Crippen LogP contribution is -2.37. The third kappa shape index (κ3) is 4.77. The van der Waals surface area contributed by atoms with E-state index in [2.05, 4.69) is 4.72 Å². The molecule has 0 radical (unpaired) electrons. The van der Waals surface area contributed by atoms with Crippen molar-refractivity contribution in [1.29, 1.82) is 0 Å². The number of ether oxygens (including phenoxy) is 1. The molecule has 4 nitrogen and oxygen atoms in total. The Morgan fingerprint density at radius 3 is 2.39 bits per heavy atom. The minimum Gasteiger partial charge on any atom is -0.492 e. The number of halogens is 1. The van der Waals surface area contributed by atoms with Crippen LogP contribution in [-0.2, 0) is 10.0 Å². The summed E-state index contributed by atoms with van der Waals surface area (Å²) in [5.74, 6) is 0.219. The van der Waals surface area contributed by atoms with E-state index in [4.69, 9.17) is 4.74 Å². The molecule has 6 heteroatoms. The van der Waals surface area contributed by atoms with Gasteiger partial charge in [0.15, 0.2) is 0 Å². The zero-order valence-corrected chi connectivity index (χ0v) is 14.2. The number of hydrogen-bond acceptors (Lipinski definition) is 3. The first-order valence-electron chi connectivity index (χ1n) is 7.26. The Balaban J connectivity index is 2.00. The number of hydrogen-bond donors (Lipinski definition) is 1. The lowest BCUT2D eigenvalue weighted by Gasteiger charge is -2.16. The van der Waals surface area contributed by atoms with Crippen molar-refractivity contribution >= 4 is 10.0 Å². The van der Waals surface area contributed by atoms with Crippen LogP contribution >= 0.6 is 0 Å². The van der Waals surface area contributed by atoms with E-state index >= 15 is 0 Å². The van der Waals surface area contributed by atoms with Gasteiger partial charge >= 0.3 is 0 Å². The predicted octanol–water partition coefficient (Wildman–Crippen LogP) is 3.19. The van der Waals surface area contributed by atoms with Crippen molar-refractivity contribution in [1.82, 2.24) is 4.72 Å². The van der Waals surface area contributed by atoms with E-state index < -0.39 is 21.9 Å². The molecule has 0 aliphatic heterocycles. The third-order valence-electron chi connectivity index (χ3n) is 3.30. The van der Waals surface area contributed by atoms with E-state index in [1.807, 2.05) is 31.2 Å². The lowest BCUT2D eigenvalue weighted by atomic mass is 10.2.